The Hall–Kier alpha value is 0.650. The lowest BCUT2D eigenvalue weighted by Crippen LogP contribution is -2.36. The lowest BCUT2D eigenvalue weighted by atomic mass is 10.0. The number of nitrogens with zero attached hydrogens (tertiary/aromatic N) is 1. The van der Waals surface area contributed by atoms with Gasteiger partial charge in [-0.25, -0.2) is 3.11 Å². The molecule has 0 aromatic heterocycles. The maximum absolute atomic E-state index is 9.20. The normalized spacial score (nSPS) is 39.0. The fourth-order valence-corrected chi connectivity index (χ4v) is 2.38. The third-order valence-electron chi connectivity index (χ3n) is 1.59. The van der Waals surface area contributed by atoms with E-state index in [4.69, 9.17) is 0 Å². The van der Waals surface area contributed by atoms with Crippen molar-refractivity contribution in [1.82, 2.24) is 3.11 Å². The molecular weight excluding hydrogens is 229 g/mol. The lowest BCUT2D eigenvalue weighted by molar-refractivity contribution is 0.0933. The number of piperidine rings is 1. The van der Waals surface area contributed by atoms with E-state index in [9.17, 15) is 5.11 Å². The van der Waals surface area contributed by atoms with Gasteiger partial charge in [0.15, 0.2) is 0 Å². The lowest BCUT2D eigenvalue weighted by Gasteiger charge is -2.29. The molecule has 54 valence electrons. The van der Waals surface area contributed by atoms with Crippen LogP contribution in [0.4, 0.5) is 0 Å². The molecule has 0 aliphatic carbocycles. The molecule has 0 bridgehead atoms. The summed E-state index contributed by atoms with van der Waals surface area (Å²) in [5.41, 5.74) is 0. The van der Waals surface area contributed by atoms with Gasteiger partial charge in [-0.3, -0.25) is 0 Å². The summed E-state index contributed by atoms with van der Waals surface area (Å²) < 4.78 is 2.15. The summed E-state index contributed by atoms with van der Waals surface area (Å²) in [5.74, 6) is 0.658. The average molecular weight is 241 g/mol. The molecule has 2 atom stereocenters. The highest BCUT2D eigenvalue weighted by molar-refractivity contribution is 14.1. The van der Waals surface area contributed by atoms with Crippen molar-refractivity contribution >= 4 is 22.9 Å². The third kappa shape index (κ3) is 2.39. The molecule has 2 nitrogen and oxygen atoms in total. The van der Waals surface area contributed by atoms with Crippen LogP contribution in [-0.2, 0) is 0 Å². The van der Waals surface area contributed by atoms with Crippen LogP contribution in [0.25, 0.3) is 0 Å². The highest BCUT2D eigenvalue weighted by atomic mass is 127. The molecule has 2 unspecified atom stereocenters. The molecule has 1 saturated heterocycles. The van der Waals surface area contributed by atoms with Gasteiger partial charge in [0.2, 0.25) is 0 Å². The fraction of sp³-hybridized carbons (Fsp3) is 1.00. The van der Waals surface area contributed by atoms with E-state index < -0.39 is 0 Å². The Morgan fingerprint density at radius 1 is 1.56 bits per heavy atom. The molecule has 0 radical (unpaired) electrons. The maximum atomic E-state index is 9.20. The van der Waals surface area contributed by atoms with Crippen molar-refractivity contribution in [2.45, 2.75) is 19.4 Å². The van der Waals surface area contributed by atoms with Gasteiger partial charge in [0, 0.05) is 36.0 Å². The summed E-state index contributed by atoms with van der Waals surface area (Å²) >= 11 is 2.26. The summed E-state index contributed by atoms with van der Waals surface area (Å²) in [6.45, 7) is 4.14. The van der Waals surface area contributed by atoms with Gasteiger partial charge in [-0.1, -0.05) is 6.92 Å². The zero-order valence-electron chi connectivity index (χ0n) is 5.55. The van der Waals surface area contributed by atoms with Crippen LogP contribution < -0.4 is 0 Å². The number of hydrogen-bond donors (Lipinski definition) is 1. The molecule has 0 spiro atoms. The molecule has 3 heteroatoms. The van der Waals surface area contributed by atoms with Crippen molar-refractivity contribution in [1.29, 1.82) is 0 Å². The van der Waals surface area contributed by atoms with Crippen molar-refractivity contribution in [2.24, 2.45) is 5.92 Å². The van der Waals surface area contributed by atoms with Crippen molar-refractivity contribution in [3.8, 4) is 0 Å². The summed E-state index contributed by atoms with van der Waals surface area (Å²) in [7, 11) is 0. The van der Waals surface area contributed by atoms with Crippen molar-refractivity contribution in [2.75, 3.05) is 13.1 Å². The fourth-order valence-electron chi connectivity index (χ4n) is 1.25. The molecule has 0 aromatic rings. The Morgan fingerprint density at radius 2 is 2.22 bits per heavy atom. The zero-order chi connectivity index (χ0) is 6.85. The van der Waals surface area contributed by atoms with E-state index in [0.717, 1.165) is 19.5 Å². The molecule has 1 rings (SSSR count). The molecule has 1 aliphatic rings. The predicted octanol–water partition coefficient (Wildman–Crippen LogP) is 1.04. The van der Waals surface area contributed by atoms with E-state index >= 15 is 0 Å². The summed E-state index contributed by atoms with van der Waals surface area (Å²) in [6.07, 6.45) is 0.880. The van der Waals surface area contributed by atoms with E-state index in [0.29, 0.717) is 5.92 Å². The first-order valence-electron chi connectivity index (χ1n) is 3.27. The molecule has 0 aromatic carbocycles. The van der Waals surface area contributed by atoms with Gasteiger partial charge in [-0.15, -0.1) is 0 Å². The second kappa shape index (κ2) is 3.16. The van der Waals surface area contributed by atoms with Gasteiger partial charge in [0.25, 0.3) is 0 Å². The first-order valence-corrected chi connectivity index (χ1v) is 4.23. The second-order valence-corrected chi connectivity index (χ2v) is 4.19. The number of halogens is 1. The topological polar surface area (TPSA) is 23.5 Å². The van der Waals surface area contributed by atoms with Gasteiger partial charge in [0.1, 0.15) is 0 Å². The third-order valence-corrected chi connectivity index (χ3v) is 2.38. The summed E-state index contributed by atoms with van der Waals surface area (Å²) in [4.78, 5) is 0. The SMILES string of the molecule is CC1CC(O)CN(I)C1. The number of β-amino-alcohol motifs (C(OH)–C–C–N with tert-alkyl or cyclic N) is 1. The van der Waals surface area contributed by atoms with Crippen LogP contribution >= 0.6 is 22.9 Å². The molecule has 1 N–H and O–H groups in total. The van der Waals surface area contributed by atoms with Crippen LogP contribution in [0.2, 0.25) is 0 Å². The predicted molar refractivity (Wildman–Crippen MR) is 45.4 cm³/mol. The molecule has 0 saturated carbocycles. The minimum absolute atomic E-state index is 0.0920. The molecule has 1 heterocycles. The quantitative estimate of drug-likeness (QED) is 0.506. The average Bonchev–Trinajstić information content (AvgIpc) is 1.59. The van der Waals surface area contributed by atoms with E-state index in [1.54, 1.807) is 0 Å². The zero-order valence-corrected chi connectivity index (χ0v) is 7.71. The highest BCUT2D eigenvalue weighted by Gasteiger charge is 2.20. The van der Waals surface area contributed by atoms with E-state index in [2.05, 4.69) is 32.9 Å². The van der Waals surface area contributed by atoms with Gasteiger partial charge in [0.05, 0.1) is 6.10 Å². The molecule has 1 fully saturated rings. The van der Waals surface area contributed by atoms with E-state index in [-0.39, 0.29) is 6.10 Å². The number of aliphatic hydroxyl groups excluding tert-OH is 1. The van der Waals surface area contributed by atoms with Crippen LogP contribution in [0.3, 0.4) is 0 Å². The second-order valence-electron chi connectivity index (χ2n) is 2.82. The Labute approximate surface area is 69.7 Å². The van der Waals surface area contributed by atoms with Crippen molar-refractivity contribution < 1.29 is 5.11 Å². The van der Waals surface area contributed by atoms with Crippen molar-refractivity contribution in [3.05, 3.63) is 0 Å². The van der Waals surface area contributed by atoms with Gasteiger partial charge < -0.3 is 5.11 Å². The van der Waals surface area contributed by atoms with Crippen LogP contribution in [0, 0.1) is 5.92 Å². The summed E-state index contributed by atoms with van der Waals surface area (Å²) in [6, 6.07) is 0. The minimum Gasteiger partial charge on any atom is -0.392 e. The van der Waals surface area contributed by atoms with Gasteiger partial charge >= 0.3 is 0 Å². The standard InChI is InChI=1S/C6H12INO/c1-5-2-6(9)4-8(7)3-5/h5-6,9H,2-4H2,1H3. The van der Waals surface area contributed by atoms with Gasteiger partial charge in [-0.2, -0.15) is 0 Å². The highest BCUT2D eigenvalue weighted by Crippen LogP contribution is 2.18. The molecule has 1 aliphatic heterocycles. The summed E-state index contributed by atoms with van der Waals surface area (Å²) in [5, 5.41) is 9.20. The maximum Gasteiger partial charge on any atom is 0.0678 e. The molecule has 9 heavy (non-hydrogen) atoms. The Balaban J connectivity index is 2.34. The number of aliphatic hydroxyl groups is 1. The van der Waals surface area contributed by atoms with E-state index in [1.165, 1.54) is 0 Å². The number of rotatable bonds is 0. The van der Waals surface area contributed by atoms with Crippen LogP contribution in [-0.4, -0.2) is 27.4 Å². The van der Waals surface area contributed by atoms with Crippen LogP contribution in [0.5, 0.6) is 0 Å². The molecule has 0 amide bonds. The van der Waals surface area contributed by atoms with Crippen LogP contribution in [0.15, 0.2) is 0 Å². The first-order chi connectivity index (χ1) is 4.18. The van der Waals surface area contributed by atoms with Crippen LogP contribution in [0.1, 0.15) is 13.3 Å². The number of hydrogen-bond acceptors (Lipinski definition) is 2. The first kappa shape index (κ1) is 7.75. The largest absolute Gasteiger partial charge is 0.392 e. The Kier molecular flexibility index (Phi) is 2.73. The van der Waals surface area contributed by atoms with E-state index in [1.807, 2.05) is 0 Å². The monoisotopic (exact) mass is 241 g/mol. The van der Waals surface area contributed by atoms with Crippen molar-refractivity contribution in [3.63, 3.8) is 0 Å². The Morgan fingerprint density at radius 3 is 2.67 bits per heavy atom. The van der Waals surface area contributed by atoms with Gasteiger partial charge in [-0.05, 0) is 12.3 Å². The Bertz CT molecular complexity index is 74.0. The molecular formula is C6H12INO. The smallest absolute Gasteiger partial charge is 0.0678 e. The minimum atomic E-state index is -0.0920.